The lowest BCUT2D eigenvalue weighted by molar-refractivity contribution is -0.121. The largest absolute Gasteiger partial charge is 0.496 e. The zero-order chi connectivity index (χ0) is 19.9. The van der Waals surface area contributed by atoms with E-state index in [1.54, 1.807) is 24.3 Å². The second-order valence-corrected chi connectivity index (χ2v) is 9.41. The Balaban J connectivity index is 1.71. The van der Waals surface area contributed by atoms with Gasteiger partial charge in [-0.1, -0.05) is 52.3 Å². The van der Waals surface area contributed by atoms with E-state index >= 15 is 0 Å². The number of amides is 1. The van der Waals surface area contributed by atoms with Crippen molar-refractivity contribution in [2.45, 2.75) is 23.2 Å². The smallest absolute Gasteiger partial charge is 0.264 e. The van der Waals surface area contributed by atoms with Crippen LogP contribution in [0.3, 0.4) is 0 Å². The highest BCUT2D eigenvalue weighted by Gasteiger charge is 2.54. The number of carbonyl (C=O) groups excluding carboxylic acids is 1. The van der Waals surface area contributed by atoms with Gasteiger partial charge in [-0.3, -0.25) is 4.79 Å². The summed E-state index contributed by atoms with van der Waals surface area (Å²) < 4.78 is 34.5. The third kappa shape index (κ3) is 3.18. The SMILES string of the molecule is COc1ccc(Br)cc1C1(C(=O)NS(=O)(=O)c2cccc3ccccc23)CC1. The maximum Gasteiger partial charge on any atom is 0.264 e. The average molecular weight is 460 g/mol. The number of rotatable bonds is 5. The Morgan fingerprint density at radius 2 is 1.79 bits per heavy atom. The van der Waals surface area contributed by atoms with E-state index in [0.717, 1.165) is 9.86 Å². The maximum atomic E-state index is 13.1. The molecule has 3 aromatic rings. The highest BCUT2D eigenvalue weighted by Crippen LogP contribution is 2.52. The van der Waals surface area contributed by atoms with Gasteiger partial charge in [-0.25, -0.2) is 13.1 Å². The van der Waals surface area contributed by atoms with Gasteiger partial charge in [0, 0.05) is 15.4 Å². The number of methoxy groups -OCH3 is 1. The summed E-state index contributed by atoms with van der Waals surface area (Å²) in [6.07, 6.45) is 1.13. The minimum atomic E-state index is -4.02. The zero-order valence-corrected chi connectivity index (χ0v) is 17.5. The van der Waals surface area contributed by atoms with Crippen molar-refractivity contribution >= 4 is 42.6 Å². The molecule has 0 unspecified atom stereocenters. The fourth-order valence-corrected chi connectivity index (χ4v) is 5.15. The van der Waals surface area contributed by atoms with E-state index in [1.807, 2.05) is 30.3 Å². The van der Waals surface area contributed by atoms with Gasteiger partial charge < -0.3 is 4.74 Å². The predicted molar refractivity (Wildman–Crippen MR) is 111 cm³/mol. The van der Waals surface area contributed by atoms with Crippen LogP contribution in [0.25, 0.3) is 10.8 Å². The van der Waals surface area contributed by atoms with Crippen molar-refractivity contribution < 1.29 is 17.9 Å². The Morgan fingerprint density at radius 3 is 2.50 bits per heavy atom. The number of halogens is 1. The molecule has 1 N–H and O–H groups in total. The lowest BCUT2D eigenvalue weighted by Gasteiger charge is -2.19. The number of fused-ring (bicyclic) bond motifs is 1. The molecule has 4 rings (SSSR count). The van der Waals surface area contributed by atoms with Crippen LogP contribution >= 0.6 is 15.9 Å². The van der Waals surface area contributed by atoms with Gasteiger partial charge >= 0.3 is 0 Å². The first-order valence-corrected chi connectivity index (χ1v) is 11.0. The molecule has 7 heteroatoms. The van der Waals surface area contributed by atoms with Crippen LogP contribution in [0, 0.1) is 0 Å². The van der Waals surface area contributed by atoms with Crippen LogP contribution in [0.5, 0.6) is 5.75 Å². The third-order valence-electron chi connectivity index (χ3n) is 5.13. The number of hydrogen-bond donors (Lipinski definition) is 1. The van der Waals surface area contributed by atoms with Crippen LogP contribution in [0.4, 0.5) is 0 Å². The zero-order valence-electron chi connectivity index (χ0n) is 15.1. The van der Waals surface area contributed by atoms with Crippen molar-refractivity contribution in [2.24, 2.45) is 0 Å². The summed E-state index contributed by atoms with van der Waals surface area (Å²) >= 11 is 3.41. The van der Waals surface area contributed by atoms with Gasteiger partial charge in [0.05, 0.1) is 17.4 Å². The molecular weight excluding hydrogens is 442 g/mol. The molecular formula is C21H18BrNO4S. The quantitative estimate of drug-likeness (QED) is 0.621. The van der Waals surface area contributed by atoms with Gasteiger partial charge in [0.25, 0.3) is 10.0 Å². The van der Waals surface area contributed by atoms with E-state index < -0.39 is 21.3 Å². The minimum absolute atomic E-state index is 0.0935. The first-order valence-electron chi connectivity index (χ1n) is 8.76. The summed E-state index contributed by atoms with van der Waals surface area (Å²) in [4.78, 5) is 13.2. The topological polar surface area (TPSA) is 72.5 Å². The van der Waals surface area contributed by atoms with Gasteiger partial charge in [0.15, 0.2) is 0 Å². The number of sulfonamides is 1. The standard InChI is InChI=1S/C21H18BrNO4S/c1-27-18-10-9-15(22)13-17(18)21(11-12-21)20(24)23-28(25,26)19-8-4-6-14-5-2-3-7-16(14)19/h2-10,13H,11-12H2,1H3,(H,23,24). The molecule has 144 valence electrons. The van der Waals surface area contributed by atoms with Gasteiger partial charge in [-0.2, -0.15) is 0 Å². The molecule has 1 aliphatic carbocycles. The number of ether oxygens (including phenoxy) is 1. The lowest BCUT2D eigenvalue weighted by Crippen LogP contribution is -2.39. The van der Waals surface area contributed by atoms with Crippen molar-refractivity contribution in [2.75, 3.05) is 7.11 Å². The van der Waals surface area contributed by atoms with Crippen LogP contribution in [-0.2, 0) is 20.2 Å². The monoisotopic (exact) mass is 459 g/mol. The van der Waals surface area contributed by atoms with Crippen molar-refractivity contribution in [1.29, 1.82) is 0 Å². The molecule has 0 aliphatic heterocycles. The molecule has 1 saturated carbocycles. The molecule has 1 fully saturated rings. The van der Waals surface area contributed by atoms with Gasteiger partial charge in [-0.05, 0) is 42.5 Å². The van der Waals surface area contributed by atoms with Gasteiger partial charge in [0.1, 0.15) is 5.75 Å². The molecule has 5 nitrogen and oxygen atoms in total. The number of nitrogens with one attached hydrogen (secondary N) is 1. The summed E-state index contributed by atoms with van der Waals surface area (Å²) in [6, 6.07) is 17.6. The first-order chi connectivity index (χ1) is 13.4. The van der Waals surface area contributed by atoms with Crippen molar-refractivity contribution in [3.05, 3.63) is 70.7 Å². The highest BCUT2D eigenvalue weighted by atomic mass is 79.9. The molecule has 0 saturated heterocycles. The second-order valence-electron chi connectivity index (χ2n) is 6.84. The van der Waals surface area contributed by atoms with Crippen molar-refractivity contribution in [1.82, 2.24) is 4.72 Å². The summed E-state index contributed by atoms with van der Waals surface area (Å²) in [5.74, 6) is 0.0373. The van der Waals surface area contributed by atoms with Crippen LogP contribution in [0.1, 0.15) is 18.4 Å². The fraction of sp³-hybridized carbons (Fsp3) is 0.190. The Kier molecular flexibility index (Phi) is 4.67. The molecule has 28 heavy (non-hydrogen) atoms. The van der Waals surface area contributed by atoms with E-state index in [1.165, 1.54) is 13.2 Å². The molecule has 0 radical (unpaired) electrons. The normalized spacial score (nSPS) is 15.2. The number of carbonyl (C=O) groups is 1. The van der Waals surface area contributed by atoms with Crippen LogP contribution in [0.15, 0.2) is 70.0 Å². The summed E-state index contributed by atoms with van der Waals surface area (Å²) in [5, 5.41) is 1.38. The second kappa shape index (κ2) is 6.90. The Labute approximate surface area is 171 Å². The average Bonchev–Trinajstić information content (AvgIpc) is 3.49. The molecule has 1 amide bonds. The maximum absolute atomic E-state index is 13.1. The minimum Gasteiger partial charge on any atom is -0.496 e. The molecule has 0 heterocycles. The fourth-order valence-electron chi connectivity index (χ4n) is 3.50. The summed E-state index contributed by atoms with van der Waals surface area (Å²) in [6.45, 7) is 0. The predicted octanol–water partition coefficient (Wildman–Crippen LogP) is 4.15. The number of hydrogen-bond acceptors (Lipinski definition) is 4. The molecule has 0 bridgehead atoms. The van der Waals surface area contributed by atoms with E-state index in [0.29, 0.717) is 29.5 Å². The van der Waals surface area contributed by atoms with Crippen LogP contribution < -0.4 is 9.46 Å². The van der Waals surface area contributed by atoms with Crippen LogP contribution in [0.2, 0.25) is 0 Å². The highest BCUT2D eigenvalue weighted by molar-refractivity contribution is 9.10. The molecule has 1 aliphatic rings. The third-order valence-corrected chi connectivity index (χ3v) is 7.01. The number of benzene rings is 3. The lowest BCUT2D eigenvalue weighted by atomic mass is 9.94. The van der Waals surface area contributed by atoms with E-state index in [2.05, 4.69) is 20.7 Å². The van der Waals surface area contributed by atoms with Gasteiger partial charge in [-0.15, -0.1) is 0 Å². The molecule has 0 aromatic heterocycles. The Hall–Kier alpha value is -2.38. The Morgan fingerprint density at radius 1 is 1.07 bits per heavy atom. The molecule has 0 atom stereocenters. The van der Waals surface area contributed by atoms with E-state index in [4.69, 9.17) is 4.74 Å². The van der Waals surface area contributed by atoms with E-state index in [-0.39, 0.29) is 4.90 Å². The van der Waals surface area contributed by atoms with Gasteiger partial charge in [0.2, 0.25) is 5.91 Å². The van der Waals surface area contributed by atoms with Crippen molar-refractivity contribution in [3.8, 4) is 5.75 Å². The Bertz CT molecular complexity index is 1180. The summed E-state index contributed by atoms with van der Waals surface area (Å²) in [7, 11) is -2.48. The first kappa shape index (κ1) is 19.0. The molecule has 0 spiro atoms. The van der Waals surface area contributed by atoms with Crippen molar-refractivity contribution in [3.63, 3.8) is 0 Å². The summed E-state index contributed by atoms with van der Waals surface area (Å²) in [5.41, 5.74) is -0.206. The molecule has 3 aromatic carbocycles. The van der Waals surface area contributed by atoms with E-state index in [9.17, 15) is 13.2 Å². The van der Waals surface area contributed by atoms with Crippen LogP contribution in [-0.4, -0.2) is 21.4 Å².